The third kappa shape index (κ3) is 6.90. The van der Waals surface area contributed by atoms with Gasteiger partial charge in [0.2, 0.25) is 11.8 Å². The highest BCUT2D eigenvalue weighted by Crippen LogP contribution is 2.24. The molecule has 0 radical (unpaired) electrons. The highest BCUT2D eigenvalue weighted by Gasteiger charge is 2.14. The summed E-state index contributed by atoms with van der Waals surface area (Å²) in [6, 6.07) is 7.78. The van der Waals surface area contributed by atoms with Gasteiger partial charge in [-0.05, 0) is 23.1 Å². The van der Waals surface area contributed by atoms with Gasteiger partial charge in [-0.1, -0.05) is 32.9 Å². The minimum absolute atomic E-state index is 0.0284. The van der Waals surface area contributed by atoms with Crippen molar-refractivity contribution in [1.29, 1.82) is 0 Å². The highest BCUT2D eigenvalue weighted by molar-refractivity contribution is 5.91. The van der Waals surface area contributed by atoms with Crippen molar-refractivity contribution < 1.29 is 14.3 Å². The van der Waals surface area contributed by atoms with Crippen molar-refractivity contribution in [2.75, 3.05) is 25.1 Å². The third-order valence-electron chi connectivity index (χ3n) is 2.87. The molecule has 0 bridgehead atoms. The molecule has 5 heteroatoms. The van der Waals surface area contributed by atoms with Crippen molar-refractivity contribution in [2.45, 2.75) is 33.1 Å². The first-order valence-electron chi connectivity index (χ1n) is 7.01. The Morgan fingerprint density at radius 3 is 2.57 bits per heavy atom. The molecule has 0 heterocycles. The van der Waals surface area contributed by atoms with E-state index in [0.717, 1.165) is 11.3 Å². The van der Waals surface area contributed by atoms with Crippen molar-refractivity contribution in [2.24, 2.45) is 0 Å². The zero-order chi connectivity index (χ0) is 15.9. The minimum atomic E-state index is -0.205. The average molecular weight is 292 g/mol. The highest BCUT2D eigenvalue weighted by atomic mass is 16.5. The lowest BCUT2D eigenvalue weighted by molar-refractivity contribution is -0.120. The topological polar surface area (TPSA) is 67.4 Å². The van der Waals surface area contributed by atoms with Crippen LogP contribution in [-0.2, 0) is 19.7 Å². The lowest BCUT2D eigenvalue weighted by Gasteiger charge is -2.19. The van der Waals surface area contributed by atoms with Crippen LogP contribution < -0.4 is 10.6 Å². The second kappa shape index (κ2) is 7.78. The summed E-state index contributed by atoms with van der Waals surface area (Å²) in [5, 5.41) is 5.40. The van der Waals surface area contributed by atoms with Crippen molar-refractivity contribution in [3.05, 3.63) is 29.8 Å². The summed E-state index contributed by atoms with van der Waals surface area (Å²) in [6.07, 6.45) is 0. The van der Waals surface area contributed by atoms with E-state index < -0.39 is 0 Å². The predicted molar refractivity (Wildman–Crippen MR) is 83.3 cm³/mol. The molecule has 0 aliphatic carbocycles. The summed E-state index contributed by atoms with van der Waals surface area (Å²) in [7, 11) is 0. The summed E-state index contributed by atoms with van der Waals surface area (Å²) in [5.41, 5.74) is 1.96. The monoisotopic (exact) mass is 292 g/mol. The molecule has 0 aliphatic heterocycles. The molecule has 0 aliphatic rings. The zero-order valence-corrected chi connectivity index (χ0v) is 13.2. The SMILES string of the molecule is CC(=O)NCCOCC(=O)Nc1cccc(C(C)(C)C)c1. The number of benzene rings is 1. The van der Waals surface area contributed by atoms with Crippen LogP contribution in [0.25, 0.3) is 0 Å². The number of ether oxygens (including phenoxy) is 1. The van der Waals surface area contributed by atoms with E-state index in [-0.39, 0.29) is 23.8 Å². The van der Waals surface area contributed by atoms with Gasteiger partial charge in [0.1, 0.15) is 6.61 Å². The third-order valence-corrected chi connectivity index (χ3v) is 2.87. The molecule has 2 amide bonds. The number of hydrogen-bond acceptors (Lipinski definition) is 3. The summed E-state index contributed by atoms with van der Waals surface area (Å²) in [6.45, 7) is 8.50. The first-order chi connectivity index (χ1) is 9.79. The van der Waals surface area contributed by atoms with Crippen molar-refractivity contribution in [1.82, 2.24) is 5.32 Å². The Morgan fingerprint density at radius 2 is 1.95 bits per heavy atom. The van der Waals surface area contributed by atoms with Gasteiger partial charge in [-0.15, -0.1) is 0 Å². The van der Waals surface area contributed by atoms with Crippen LogP contribution >= 0.6 is 0 Å². The van der Waals surface area contributed by atoms with Crippen LogP contribution in [0.4, 0.5) is 5.69 Å². The molecule has 0 aromatic heterocycles. The van der Waals surface area contributed by atoms with E-state index in [9.17, 15) is 9.59 Å². The molecular weight excluding hydrogens is 268 g/mol. The molecule has 0 saturated carbocycles. The lowest BCUT2D eigenvalue weighted by atomic mass is 9.87. The normalized spacial score (nSPS) is 11.0. The van der Waals surface area contributed by atoms with E-state index in [1.54, 1.807) is 0 Å². The van der Waals surface area contributed by atoms with E-state index in [1.165, 1.54) is 6.92 Å². The van der Waals surface area contributed by atoms with E-state index in [2.05, 4.69) is 31.4 Å². The Bertz CT molecular complexity index is 493. The maximum Gasteiger partial charge on any atom is 0.250 e. The van der Waals surface area contributed by atoms with Gasteiger partial charge in [0, 0.05) is 19.2 Å². The van der Waals surface area contributed by atoms with Gasteiger partial charge in [-0.2, -0.15) is 0 Å². The number of carbonyl (C=O) groups is 2. The molecule has 116 valence electrons. The van der Waals surface area contributed by atoms with Gasteiger partial charge < -0.3 is 15.4 Å². The molecule has 1 rings (SSSR count). The molecule has 21 heavy (non-hydrogen) atoms. The van der Waals surface area contributed by atoms with Crippen LogP contribution in [0, 0.1) is 0 Å². The van der Waals surface area contributed by atoms with Crippen LogP contribution in [0.15, 0.2) is 24.3 Å². The Hall–Kier alpha value is -1.88. The summed E-state index contributed by atoms with van der Waals surface area (Å²) in [4.78, 5) is 22.4. The van der Waals surface area contributed by atoms with E-state index in [0.29, 0.717) is 13.2 Å². The summed E-state index contributed by atoms with van der Waals surface area (Å²) in [5.74, 6) is -0.314. The second-order valence-corrected chi connectivity index (χ2v) is 5.91. The molecule has 2 N–H and O–H groups in total. The van der Waals surface area contributed by atoms with E-state index >= 15 is 0 Å². The average Bonchev–Trinajstić information content (AvgIpc) is 2.37. The molecule has 1 aromatic carbocycles. The fraction of sp³-hybridized carbons (Fsp3) is 0.500. The van der Waals surface area contributed by atoms with Crippen LogP contribution in [-0.4, -0.2) is 31.6 Å². The molecule has 5 nitrogen and oxygen atoms in total. The maximum absolute atomic E-state index is 11.7. The van der Waals surface area contributed by atoms with Crippen molar-refractivity contribution in [3.63, 3.8) is 0 Å². The first kappa shape index (κ1) is 17.2. The largest absolute Gasteiger partial charge is 0.370 e. The van der Waals surface area contributed by atoms with Gasteiger partial charge in [0.15, 0.2) is 0 Å². The number of hydrogen-bond donors (Lipinski definition) is 2. The number of nitrogens with one attached hydrogen (secondary N) is 2. The molecule has 0 unspecified atom stereocenters. The van der Waals surface area contributed by atoms with E-state index in [1.807, 2.05) is 24.3 Å². The number of amides is 2. The molecule has 0 spiro atoms. The molecule has 1 aromatic rings. The van der Waals surface area contributed by atoms with Gasteiger partial charge in [0.05, 0.1) is 6.61 Å². The van der Waals surface area contributed by atoms with Gasteiger partial charge in [-0.25, -0.2) is 0 Å². The predicted octanol–water partition coefficient (Wildman–Crippen LogP) is 2.08. The standard InChI is InChI=1S/C16H24N2O3/c1-12(19)17-8-9-21-11-15(20)18-14-7-5-6-13(10-14)16(2,3)4/h5-7,10H,8-9,11H2,1-4H3,(H,17,19)(H,18,20). The first-order valence-corrected chi connectivity index (χ1v) is 7.01. The fourth-order valence-corrected chi connectivity index (χ4v) is 1.72. The van der Waals surface area contributed by atoms with Crippen molar-refractivity contribution >= 4 is 17.5 Å². The molecule has 0 saturated heterocycles. The Labute approximate surface area is 126 Å². The Kier molecular flexibility index (Phi) is 6.37. The second-order valence-electron chi connectivity index (χ2n) is 5.91. The van der Waals surface area contributed by atoms with Gasteiger partial charge in [-0.3, -0.25) is 9.59 Å². The lowest BCUT2D eigenvalue weighted by Crippen LogP contribution is -2.26. The van der Waals surface area contributed by atoms with Crippen LogP contribution in [0.2, 0.25) is 0 Å². The molecule has 0 fully saturated rings. The molecular formula is C16H24N2O3. The Morgan fingerprint density at radius 1 is 1.24 bits per heavy atom. The van der Waals surface area contributed by atoms with Crippen LogP contribution in [0.3, 0.4) is 0 Å². The summed E-state index contributed by atoms with van der Waals surface area (Å²) >= 11 is 0. The van der Waals surface area contributed by atoms with E-state index in [4.69, 9.17) is 4.74 Å². The smallest absolute Gasteiger partial charge is 0.250 e. The van der Waals surface area contributed by atoms with Crippen molar-refractivity contribution in [3.8, 4) is 0 Å². The summed E-state index contributed by atoms with van der Waals surface area (Å²) < 4.78 is 5.19. The van der Waals surface area contributed by atoms with Crippen LogP contribution in [0.5, 0.6) is 0 Å². The van der Waals surface area contributed by atoms with Crippen LogP contribution in [0.1, 0.15) is 33.3 Å². The fourth-order valence-electron chi connectivity index (χ4n) is 1.72. The van der Waals surface area contributed by atoms with Gasteiger partial charge >= 0.3 is 0 Å². The number of carbonyl (C=O) groups excluding carboxylic acids is 2. The quantitative estimate of drug-likeness (QED) is 0.789. The van der Waals surface area contributed by atoms with Gasteiger partial charge in [0.25, 0.3) is 0 Å². The number of anilines is 1. The number of rotatable bonds is 6. The maximum atomic E-state index is 11.7. The molecule has 0 atom stereocenters. The Balaban J connectivity index is 2.39. The zero-order valence-electron chi connectivity index (χ0n) is 13.2. The minimum Gasteiger partial charge on any atom is -0.370 e.